The molecule has 0 saturated carbocycles. The van der Waals surface area contributed by atoms with Crippen molar-refractivity contribution in [3.05, 3.63) is 83.0 Å². The first-order chi connectivity index (χ1) is 16.1. The molecule has 8 nitrogen and oxygen atoms in total. The van der Waals surface area contributed by atoms with Crippen LogP contribution >= 0.6 is 11.6 Å². The van der Waals surface area contributed by atoms with Crippen LogP contribution in [0.4, 0.5) is 11.4 Å². The molecule has 0 bridgehead atoms. The fourth-order valence-electron chi connectivity index (χ4n) is 3.48. The van der Waals surface area contributed by atoms with Crippen LogP contribution in [0.25, 0.3) is 22.0 Å². The van der Waals surface area contributed by atoms with E-state index in [0.717, 1.165) is 11.6 Å². The fraction of sp³-hybridized carbons (Fsp3) is 0.0833. The van der Waals surface area contributed by atoms with Gasteiger partial charge in [0.1, 0.15) is 5.69 Å². The highest BCUT2D eigenvalue weighted by Gasteiger charge is 2.14. The molecule has 0 aliphatic heterocycles. The number of aromatic amines is 1. The molecular formula is C24H20ClN3O5S. The first-order valence-corrected chi connectivity index (χ1v) is 12.3. The van der Waals surface area contributed by atoms with E-state index >= 15 is 0 Å². The van der Waals surface area contributed by atoms with Crippen molar-refractivity contribution in [1.29, 1.82) is 0 Å². The number of benzene rings is 3. The number of fused-ring (bicyclic) bond motifs is 1. The van der Waals surface area contributed by atoms with Crippen LogP contribution in [-0.2, 0) is 14.8 Å². The minimum atomic E-state index is -3.41. The van der Waals surface area contributed by atoms with Crippen LogP contribution in [0.1, 0.15) is 20.8 Å². The molecule has 1 amide bonds. The largest absolute Gasteiger partial charge is 0.465 e. The molecule has 4 aromatic rings. The maximum absolute atomic E-state index is 12.9. The fourth-order valence-corrected chi connectivity index (χ4v) is 4.26. The number of carbonyl (C=O) groups excluding carboxylic acids is 2. The molecule has 3 N–H and O–H groups in total. The Morgan fingerprint density at radius 2 is 1.76 bits per heavy atom. The van der Waals surface area contributed by atoms with Gasteiger partial charge in [-0.05, 0) is 54.1 Å². The van der Waals surface area contributed by atoms with Crippen molar-refractivity contribution < 1.29 is 22.7 Å². The predicted octanol–water partition coefficient (Wildman–Crippen LogP) is 4.90. The summed E-state index contributed by atoms with van der Waals surface area (Å²) < 4.78 is 30.1. The Labute approximate surface area is 200 Å². The molecule has 0 atom stereocenters. The molecule has 174 valence electrons. The van der Waals surface area contributed by atoms with Gasteiger partial charge in [-0.15, -0.1) is 0 Å². The van der Waals surface area contributed by atoms with Crippen LogP contribution in [0.15, 0.2) is 66.7 Å². The van der Waals surface area contributed by atoms with Crippen molar-refractivity contribution >= 4 is 55.8 Å². The lowest BCUT2D eigenvalue weighted by Gasteiger charge is -2.10. The molecule has 1 aromatic heterocycles. The van der Waals surface area contributed by atoms with Gasteiger partial charge in [-0.25, -0.2) is 13.2 Å². The minimum absolute atomic E-state index is 0.308. The third kappa shape index (κ3) is 5.22. The van der Waals surface area contributed by atoms with Gasteiger partial charge in [-0.3, -0.25) is 9.52 Å². The molecule has 0 aliphatic carbocycles. The Kier molecular flexibility index (Phi) is 6.32. The Bertz CT molecular complexity index is 1530. The van der Waals surface area contributed by atoms with Gasteiger partial charge >= 0.3 is 5.97 Å². The van der Waals surface area contributed by atoms with Crippen LogP contribution in [0.2, 0.25) is 5.02 Å². The van der Waals surface area contributed by atoms with Gasteiger partial charge in [-0.2, -0.15) is 0 Å². The van der Waals surface area contributed by atoms with E-state index in [9.17, 15) is 18.0 Å². The summed E-state index contributed by atoms with van der Waals surface area (Å²) in [4.78, 5) is 27.7. The number of hydrogen-bond acceptors (Lipinski definition) is 5. The predicted molar refractivity (Wildman–Crippen MR) is 133 cm³/mol. The van der Waals surface area contributed by atoms with Crippen molar-refractivity contribution in [2.45, 2.75) is 0 Å². The highest BCUT2D eigenvalue weighted by atomic mass is 35.5. The van der Waals surface area contributed by atoms with Crippen LogP contribution in [0.5, 0.6) is 0 Å². The molecule has 0 fully saturated rings. The number of rotatable bonds is 6. The summed E-state index contributed by atoms with van der Waals surface area (Å²) in [5.74, 6) is -0.851. The number of aromatic nitrogens is 1. The number of H-pyrrole nitrogens is 1. The summed E-state index contributed by atoms with van der Waals surface area (Å²) in [7, 11) is -2.11. The second-order valence-electron chi connectivity index (χ2n) is 7.58. The Balaban J connectivity index is 1.58. The number of hydrogen-bond donors (Lipinski definition) is 3. The number of anilines is 2. The first-order valence-electron chi connectivity index (χ1n) is 10.0. The average molecular weight is 498 g/mol. The number of nitrogens with one attached hydrogen (secondary N) is 3. The molecule has 0 aliphatic rings. The van der Waals surface area contributed by atoms with Gasteiger partial charge in [0.25, 0.3) is 5.91 Å². The van der Waals surface area contributed by atoms with Crippen molar-refractivity contribution in [2.24, 2.45) is 0 Å². The Hall–Kier alpha value is -3.82. The third-order valence-electron chi connectivity index (χ3n) is 4.99. The number of methoxy groups -OCH3 is 1. The van der Waals surface area contributed by atoms with Gasteiger partial charge in [0, 0.05) is 27.2 Å². The highest BCUT2D eigenvalue weighted by Crippen LogP contribution is 2.31. The maximum atomic E-state index is 12.9. The lowest BCUT2D eigenvalue weighted by molar-refractivity contribution is 0.0600. The monoisotopic (exact) mass is 497 g/mol. The number of carbonyl (C=O) groups is 2. The third-order valence-corrected chi connectivity index (χ3v) is 5.93. The summed E-state index contributed by atoms with van der Waals surface area (Å²) in [5, 5.41) is 4.04. The van der Waals surface area contributed by atoms with E-state index in [2.05, 4.69) is 15.0 Å². The maximum Gasteiger partial charge on any atom is 0.337 e. The van der Waals surface area contributed by atoms with E-state index in [0.29, 0.717) is 44.3 Å². The molecule has 3 aromatic carbocycles. The van der Waals surface area contributed by atoms with Gasteiger partial charge in [0.15, 0.2) is 0 Å². The molecular weight excluding hydrogens is 478 g/mol. The van der Waals surface area contributed by atoms with Crippen LogP contribution < -0.4 is 10.0 Å². The molecule has 34 heavy (non-hydrogen) atoms. The molecule has 0 saturated heterocycles. The summed E-state index contributed by atoms with van der Waals surface area (Å²) >= 11 is 6.34. The van der Waals surface area contributed by atoms with Crippen LogP contribution in [0, 0.1) is 0 Å². The highest BCUT2D eigenvalue weighted by molar-refractivity contribution is 7.92. The van der Waals surface area contributed by atoms with E-state index in [4.69, 9.17) is 16.3 Å². The first kappa shape index (κ1) is 23.3. The smallest absolute Gasteiger partial charge is 0.337 e. The second kappa shape index (κ2) is 9.20. The zero-order valence-electron chi connectivity index (χ0n) is 18.2. The Morgan fingerprint density at radius 1 is 0.971 bits per heavy atom. The van der Waals surface area contributed by atoms with Crippen molar-refractivity contribution in [2.75, 3.05) is 23.4 Å². The van der Waals surface area contributed by atoms with Crippen molar-refractivity contribution in [1.82, 2.24) is 4.98 Å². The Morgan fingerprint density at radius 3 is 2.50 bits per heavy atom. The van der Waals surface area contributed by atoms with E-state index in [1.54, 1.807) is 60.7 Å². The molecule has 0 spiro atoms. The van der Waals surface area contributed by atoms with E-state index in [1.165, 1.54) is 7.11 Å². The number of ether oxygens (including phenoxy) is 1. The van der Waals surface area contributed by atoms with E-state index < -0.39 is 16.0 Å². The SMILES string of the molecule is COC(=O)c1ccc(Cl)c(-c2cccc(NC(=O)c3cc4ccc(NS(C)(=O)=O)cc4[nH]3)c2)c1. The summed E-state index contributed by atoms with van der Waals surface area (Å²) in [6.45, 7) is 0. The van der Waals surface area contributed by atoms with Gasteiger partial charge in [-0.1, -0.05) is 29.8 Å². The number of halogens is 1. The molecule has 0 unspecified atom stereocenters. The summed E-state index contributed by atoms with van der Waals surface area (Å²) in [5.41, 5.74) is 3.53. The van der Waals surface area contributed by atoms with Crippen molar-refractivity contribution in [3.63, 3.8) is 0 Å². The van der Waals surface area contributed by atoms with E-state index in [-0.39, 0.29) is 5.91 Å². The standard InChI is InChI=1S/C24H20ClN3O5S/c1-33-24(30)16-7-9-20(25)19(11-16)14-4-3-5-17(10-14)26-23(29)22-12-15-6-8-18(13-21(15)27-22)28-34(2,31)32/h3-13,27-28H,1-2H3,(H,26,29). The normalized spacial score (nSPS) is 11.3. The van der Waals surface area contributed by atoms with Crippen molar-refractivity contribution in [3.8, 4) is 11.1 Å². The number of sulfonamides is 1. The van der Waals surface area contributed by atoms with Gasteiger partial charge < -0.3 is 15.0 Å². The number of amides is 1. The molecule has 1 heterocycles. The topological polar surface area (TPSA) is 117 Å². The summed E-state index contributed by atoms with van der Waals surface area (Å²) in [6.07, 6.45) is 1.07. The second-order valence-corrected chi connectivity index (χ2v) is 9.74. The van der Waals surface area contributed by atoms with Crippen LogP contribution in [0.3, 0.4) is 0 Å². The lowest BCUT2D eigenvalue weighted by Crippen LogP contribution is -2.12. The molecule has 0 radical (unpaired) electrons. The molecule has 10 heteroatoms. The average Bonchev–Trinajstić information content (AvgIpc) is 3.21. The number of esters is 1. The van der Waals surface area contributed by atoms with Gasteiger partial charge in [0.05, 0.1) is 24.6 Å². The summed E-state index contributed by atoms with van der Waals surface area (Å²) in [6, 6.07) is 18.5. The van der Waals surface area contributed by atoms with Gasteiger partial charge in [0.2, 0.25) is 10.0 Å². The quantitative estimate of drug-likeness (QED) is 0.327. The zero-order valence-corrected chi connectivity index (χ0v) is 19.8. The van der Waals surface area contributed by atoms with E-state index in [1.807, 2.05) is 6.07 Å². The lowest BCUT2D eigenvalue weighted by atomic mass is 10.0. The van der Waals surface area contributed by atoms with Crippen LogP contribution in [-0.4, -0.2) is 38.6 Å². The minimum Gasteiger partial charge on any atom is -0.465 e. The molecule has 4 rings (SSSR count). The zero-order chi connectivity index (χ0) is 24.5.